The summed E-state index contributed by atoms with van der Waals surface area (Å²) in [5.74, 6) is 3.20. The number of aromatic nitrogens is 2. The number of ether oxygens (including phenoxy) is 1. The van der Waals surface area contributed by atoms with Crippen molar-refractivity contribution in [2.75, 3.05) is 30.0 Å². The first kappa shape index (κ1) is 13.2. The molecule has 2 aliphatic heterocycles. The molecule has 3 heterocycles. The van der Waals surface area contributed by atoms with Gasteiger partial charge in [0.1, 0.15) is 6.10 Å². The molecule has 0 spiro atoms. The Morgan fingerprint density at radius 1 is 1.33 bits per heavy atom. The van der Waals surface area contributed by atoms with Crippen molar-refractivity contribution in [2.45, 2.75) is 18.9 Å². The highest BCUT2D eigenvalue weighted by Crippen LogP contribution is 2.33. The van der Waals surface area contributed by atoms with Gasteiger partial charge in [0.15, 0.2) is 0 Å². The van der Waals surface area contributed by atoms with Crippen molar-refractivity contribution in [1.82, 2.24) is 10.1 Å². The minimum atomic E-state index is -0.0427. The molecular weight excluding hydrogens is 286 g/mol. The lowest BCUT2D eigenvalue weighted by Gasteiger charge is -2.19. The summed E-state index contributed by atoms with van der Waals surface area (Å²) in [6.45, 7) is 1.78. The molecule has 0 bridgehead atoms. The van der Waals surface area contributed by atoms with Crippen LogP contribution in [0.2, 0.25) is 0 Å². The normalized spacial score (nSPS) is 21.6. The zero-order valence-corrected chi connectivity index (χ0v) is 12.5. The first-order valence-corrected chi connectivity index (χ1v) is 8.46. The number of nitrogens with zero attached hydrogens (tertiary/aromatic N) is 2. The third kappa shape index (κ3) is 2.53. The van der Waals surface area contributed by atoms with Crippen LogP contribution in [0.15, 0.2) is 22.7 Å². The molecule has 1 N–H and O–H groups in total. The minimum Gasteiger partial charge on any atom is -0.385 e. The predicted octanol–water partition coefficient (Wildman–Crippen LogP) is 2.90. The summed E-state index contributed by atoms with van der Waals surface area (Å²) < 4.78 is 11.2. The standard InChI is InChI=1S/C15H17N3O2S/c1-3-11(10-4-2-6-16-12(10)5-1)15-17-14(18-20-15)13-9-21-8-7-19-13/h1,3,5,13,16H,2,4,6-9H2. The predicted molar refractivity (Wildman–Crippen MR) is 82.6 cm³/mol. The van der Waals surface area contributed by atoms with E-state index >= 15 is 0 Å². The molecule has 1 aromatic heterocycles. The van der Waals surface area contributed by atoms with E-state index < -0.39 is 0 Å². The molecular formula is C15H17N3O2S. The molecule has 0 saturated carbocycles. The molecule has 110 valence electrons. The Morgan fingerprint density at radius 2 is 2.33 bits per heavy atom. The third-order valence-corrected chi connectivity index (χ3v) is 4.86. The first-order valence-electron chi connectivity index (χ1n) is 7.31. The zero-order valence-electron chi connectivity index (χ0n) is 11.7. The molecule has 1 saturated heterocycles. The summed E-state index contributed by atoms with van der Waals surface area (Å²) in [4.78, 5) is 4.57. The van der Waals surface area contributed by atoms with E-state index in [2.05, 4.69) is 27.6 Å². The van der Waals surface area contributed by atoms with Gasteiger partial charge in [0.05, 0.1) is 6.61 Å². The molecule has 6 heteroatoms. The average Bonchev–Trinajstić information content (AvgIpc) is 3.05. The molecule has 2 aromatic rings. The summed E-state index contributed by atoms with van der Waals surface area (Å²) in [7, 11) is 0. The van der Waals surface area contributed by atoms with E-state index in [0.717, 1.165) is 43.1 Å². The molecule has 21 heavy (non-hydrogen) atoms. The van der Waals surface area contributed by atoms with Crippen molar-refractivity contribution in [1.29, 1.82) is 0 Å². The summed E-state index contributed by atoms with van der Waals surface area (Å²) in [6, 6.07) is 6.19. The summed E-state index contributed by atoms with van der Waals surface area (Å²) >= 11 is 1.87. The maximum Gasteiger partial charge on any atom is 0.258 e. The van der Waals surface area contributed by atoms with Crippen molar-refractivity contribution in [2.24, 2.45) is 0 Å². The van der Waals surface area contributed by atoms with Gasteiger partial charge in [0.25, 0.3) is 5.89 Å². The van der Waals surface area contributed by atoms with Crippen LogP contribution in [0, 0.1) is 0 Å². The summed E-state index contributed by atoms with van der Waals surface area (Å²) in [5.41, 5.74) is 3.50. The van der Waals surface area contributed by atoms with Gasteiger partial charge in [-0.25, -0.2) is 0 Å². The van der Waals surface area contributed by atoms with Crippen molar-refractivity contribution in [3.63, 3.8) is 0 Å². The van der Waals surface area contributed by atoms with Crippen LogP contribution in [-0.4, -0.2) is 34.8 Å². The highest BCUT2D eigenvalue weighted by molar-refractivity contribution is 7.99. The zero-order chi connectivity index (χ0) is 14.1. The highest BCUT2D eigenvalue weighted by atomic mass is 32.2. The van der Waals surface area contributed by atoms with Gasteiger partial charge >= 0.3 is 0 Å². The largest absolute Gasteiger partial charge is 0.385 e. The Kier molecular flexibility index (Phi) is 3.57. The number of anilines is 1. The minimum absolute atomic E-state index is 0.0427. The fourth-order valence-electron chi connectivity index (χ4n) is 2.82. The van der Waals surface area contributed by atoms with Gasteiger partial charge in [-0.15, -0.1) is 0 Å². The van der Waals surface area contributed by atoms with E-state index in [1.54, 1.807) is 0 Å². The quantitative estimate of drug-likeness (QED) is 0.920. The second-order valence-electron chi connectivity index (χ2n) is 5.25. The average molecular weight is 303 g/mol. The van der Waals surface area contributed by atoms with Crippen molar-refractivity contribution < 1.29 is 9.26 Å². The number of nitrogens with one attached hydrogen (secondary N) is 1. The number of benzene rings is 1. The lowest BCUT2D eigenvalue weighted by Crippen LogP contribution is -2.16. The topological polar surface area (TPSA) is 60.2 Å². The van der Waals surface area contributed by atoms with Gasteiger partial charge in [-0.2, -0.15) is 16.7 Å². The van der Waals surface area contributed by atoms with Gasteiger partial charge in [0.2, 0.25) is 5.82 Å². The van der Waals surface area contributed by atoms with Crippen LogP contribution in [0.1, 0.15) is 23.9 Å². The van der Waals surface area contributed by atoms with Crippen LogP contribution >= 0.6 is 11.8 Å². The maximum absolute atomic E-state index is 5.71. The molecule has 1 aromatic carbocycles. The summed E-state index contributed by atoms with van der Waals surface area (Å²) in [6.07, 6.45) is 2.14. The van der Waals surface area contributed by atoms with Crippen LogP contribution in [0.5, 0.6) is 0 Å². The summed E-state index contributed by atoms with van der Waals surface area (Å²) in [5, 5.41) is 7.55. The van der Waals surface area contributed by atoms with E-state index in [-0.39, 0.29) is 6.10 Å². The first-order chi connectivity index (χ1) is 10.4. The van der Waals surface area contributed by atoms with Crippen LogP contribution in [0.4, 0.5) is 5.69 Å². The van der Waals surface area contributed by atoms with Gasteiger partial charge in [-0.1, -0.05) is 11.2 Å². The number of thioether (sulfide) groups is 1. The fourth-order valence-corrected chi connectivity index (χ4v) is 3.66. The molecule has 5 nitrogen and oxygen atoms in total. The number of hydrogen-bond acceptors (Lipinski definition) is 6. The lowest BCUT2D eigenvalue weighted by molar-refractivity contribution is 0.0677. The number of hydrogen-bond donors (Lipinski definition) is 1. The molecule has 0 amide bonds. The lowest BCUT2D eigenvalue weighted by atomic mass is 9.97. The van der Waals surface area contributed by atoms with Crippen LogP contribution < -0.4 is 5.32 Å². The van der Waals surface area contributed by atoms with Gasteiger partial charge in [-0.3, -0.25) is 0 Å². The van der Waals surface area contributed by atoms with Gasteiger partial charge < -0.3 is 14.6 Å². The van der Waals surface area contributed by atoms with E-state index in [9.17, 15) is 0 Å². The van der Waals surface area contributed by atoms with E-state index in [4.69, 9.17) is 9.26 Å². The smallest absolute Gasteiger partial charge is 0.258 e. The second-order valence-corrected chi connectivity index (χ2v) is 6.40. The Morgan fingerprint density at radius 3 is 3.24 bits per heavy atom. The van der Waals surface area contributed by atoms with Crippen LogP contribution in [-0.2, 0) is 11.2 Å². The Bertz CT molecular complexity index is 638. The van der Waals surface area contributed by atoms with Gasteiger partial charge in [0, 0.05) is 29.3 Å². The highest BCUT2D eigenvalue weighted by Gasteiger charge is 2.24. The Hall–Kier alpha value is -1.53. The molecule has 2 aliphatic rings. The van der Waals surface area contributed by atoms with E-state index in [1.165, 1.54) is 11.3 Å². The molecule has 1 unspecified atom stereocenters. The maximum atomic E-state index is 5.71. The third-order valence-electron chi connectivity index (χ3n) is 3.87. The van der Waals surface area contributed by atoms with E-state index in [0.29, 0.717) is 11.7 Å². The van der Waals surface area contributed by atoms with E-state index in [1.807, 2.05) is 17.8 Å². The Labute approximate surface area is 127 Å². The van der Waals surface area contributed by atoms with Crippen LogP contribution in [0.25, 0.3) is 11.5 Å². The molecule has 0 aliphatic carbocycles. The SMILES string of the molecule is c1cc2c(c(-c3nc(C4CSCCO4)no3)c1)CCCN2. The van der Waals surface area contributed by atoms with Crippen molar-refractivity contribution >= 4 is 17.4 Å². The molecule has 0 radical (unpaired) electrons. The Balaban J connectivity index is 1.66. The number of rotatable bonds is 2. The van der Waals surface area contributed by atoms with Crippen molar-refractivity contribution in [3.05, 3.63) is 29.6 Å². The molecule has 1 fully saturated rings. The second kappa shape index (κ2) is 5.69. The van der Waals surface area contributed by atoms with Gasteiger partial charge in [-0.05, 0) is 30.5 Å². The fraction of sp³-hybridized carbons (Fsp3) is 0.467. The van der Waals surface area contributed by atoms with Crippen molar-refractivity contribution in [3.8, 4) is 11.5 Å². The molecule has 4 rings (SSSR count). The monoisotopic (exact) mass is 303 g/mol. The number of fused-ring (bicyclic) bond motifs is 1. The molecule has 1 atom stereocenters. The van der Waals surface area contributed by atoms with Crippen LogP contribution in [0.3, 0.4) is 0 Å².